The highest BCUT2D eigenvalue weighted by atomic mass is 32.1. The number of benzene rings is 2. The SMILES string of the molecule is CCCCCOc1cccc(C(=O)Nc2nc(-c3ccc4c(c3)OCCO4)cs2)c1. The lowest BCUT2D eigenvalue weighted by molar-refractivity contribution is 0.102. The lowest BCUT2D eigenvalue weighted by Gasteiger charge is -2.18. The Morgan fingerprint density at radius 2 is 2.00 bits per heavy atom. The number of nitrogens with one attached hydrogen (secondary N) is 1. The molecule has 0 saturated carbocycles. The summed E-state index contributed by atoms with van der Waals surface area (Å²) in [6.07, 6.45) is 3.29. The number of rotatable bonds is 8. The molecule has 1 aliphatic rings. The van der Waals surface area contributed by atoms with Crippen LogP contribution in [0.1, 0.15) is 36.5 Å². The molecule has 0 bridgehead atoms. The average molecular weight is 425 g/mol. The van der Waals surface area contributed by atoms with Gasteiger partial charge in [-0.05, 0) is 42.8 Å². The second-order valence-corrected chi connectivity index (χ2v) is 7.79. The molecule has 0 fully saturated rings. The number of carbonyl (C=O) groups is 1. The minimum absolute atomic E-state index is 0.211. The third kappa shape index (κ3) is 4.91. The molecule has 156 valence electrons. The number of hydrogen-bond donors (Lipinski definition) is 1. The molecule has 2 aromatic carbocycles. The van der Waals surface area contributed by atoms with E-state index in [-0.39, 0.29) is 5.91 Å². The molecule has 7 heteroatoms. The monoisotopic (exact) mass is 424 g/mol. The van der Waals surface area contributed by atoms with Crippen molar-refractivity contribution in [3.05, 3.63) is 53.4 Å². The van der Waals surface area contributed by atoms with E-state index in [0.29, 0.717) is 42.0 Å². The van der Waals surface area contributed by atoms with Gasteiger partial charge in [-0.25, -0.2) is 4.98 Å². The average Bonchev–Trinajstić information content (AvgIpc) is 3.25. The molecule has 3 aromatic rings. The van der Waals surface area contributed by atoms with E-state index in [1.54, 1.807) is 12.1 Å². The van der Waals surface area contributed by atoms with Gasteiger partial charge in [0.25, 0.3) is 5.91 Å². The van der Waals surface area contributed by atoms with Gasteiger partial charge in [-0.15, -0.1) is 11.3 Å². The van der Waals surface area contributed by atoms with Crippen LogP contribution >= 0.6 is 11.3 Å². The second-order valence-electron chi connectivity index (χ2n) is 6.93. The topological polar surface area (TPSA) is 69.7 Å². The number of anilines is 1. The summed E-state index contributed by atoms with van der Waals surface area (Å²) in [6, 6.07) is 13.0. The normalized spacial score (nSPS) is 12.4. The summed E-state index contributed by atoms with van der Waals surface area (Å²) in [7, 11) is 0. The Kier molecular flexibility index (Phi) is 6.49. The summed E-state index contributed by atoms with van der Waals surface area (Å²) in [4.78, 5) is 17.2. The summed E-state index contributed by atoms with van der Waals surface area (Å²) >= 11 is 1.38. The summed E-state index contributed by atoms with van der Waals surface area (Å²) in [5, 5.41) is 5.32. The van der Waals surface area contributed by atoms with Crippen molar-refractivity contribution in [2.75, 3.05) is 25.1 Å². The molecular weight excluding hydrogens is 400 g/mol. The van der Waals surface area contributed by atoms with Crippen molar-refractivity contribution < 1.29 is 19.0 Å². The van der Waals surface area contributed by atoms with Gasteiger partial charge < -0.3 is 14.2 Å². The maximum atomic E-state index is 12.6. The van der Waals surface area contributed by atoms with Crippen molar-refractivity contribution in [1.29, 1.82) is 0 Å². The van der Waals surface area contributed by atoms with Gasteiger partial charge in [0, 0.05) is 16.5 Å². The van der Waals surface area contributed by atoms with Crippen LogP contribution in [0.3, 0.4) is 0 Å². The Hall–Kier alpha value is -3.06. The highest BCUT2D eigenvalue weighted by Gasteiger charge is 2.15. The molecule has 0 atom stereocenters. The van der Waals surface area contributed by atoms with E-state index in [4.69, 9.17) is 14.2 Å². The van der Waals surface area contributed by atoms with Crippen molar-refractivity contribution in [2.24, 2.45) is 0 Å². The minimum atomic E-state index is -0.211. The van der Waals surface area contributed by atoms with Gasteiger partial charge in [0.05, 0.1) is 12.3 Å². The van der Waals surface area contributed by atoms with Gasteiger partial charge in [-0.3, -0.25) is 10.1 Å². The van der Waals surface area contributed by atoms with E-state index in [2.05, 4.69) is 17.2 Å². The number of ether oxygens (including phenoxy) is 3. The first-order valence-electron chi connectivity index (χ1n) is 10.1. The van der Waals surface area contributed by atoms with Gasteiger partial charge in [-0.1, -0.05) is 25.8 Å². The molecule has 1 N–H and O–H groups in total. The van der Waals surface area contributed by atoms with Crippen molar-refractivity contribution in [3.8, 4) is 28.5 Å². The fourth-order valence-corrected chi connectivity index (χ4v) is 3.82. The molecule has 2 heterocycles. The number of thiazole rings is 1. The summed E-state index contributed by atoms with van der Waals surface area (Å²) < 4.78 is 16.9. The van der Waals surface area contributed by atoms with Gasteiger partial charge in [0.2, 0.25) is 0 Å². The lowest BCUT2D eigenvalue weighted by Crippen LogP contribution is -2.15. The first-order valence-corrected chi connectivity index (χ1v) is 11.0. The van der Waals surface area contributed by atoms with E-state index < -0.39 is 0 Å². The summed E-state index contributed by atoms with van der Waals surface area (Å²) in [5.41, 5.74) is 2.23. The second kappa shape index (κ2) is 9.63. The number of amides is 1. The Morgan fingerprint density at radius 1 is 1.13 bits per heavy atom. The highest BCUT2D eigenvalue weighted by Crippen LogP contribution is 2.35. The molecular formula is C23H24N2O4S. The maximum Gasteiger partial charge on any atom is 0.257 e. The van der Waals surface area contributed by atoms with Crippen molar-refractivity contribution in [2.45, 2.75) is 26.2 Å². The molecule has 0 radical (unpaired) electrons. The smallest absolute Gasteiger partial charge is 0.257 e. The van der Waals surface area contributed by atoms with Crippen LogP contribution in [0.4, 0.5) is 5.13 Å². The van der Waals surface area contributed by atoms with Crippen LogP contribution in [-0.4, -0.2) is 30.7 Å². The molecule has 0 saturated heterocycles. The van der Waals surface area contributed by atoms with Crippen LogP contribution in [0.25, 0.3) is 11.3 Å². The van der Waals surface area contributed by atoms with E-state index in [1.807, 2.05) is 35.7 Å². The molecule has 0 spiro atoms. The number of hydrogen-bond acceptors (Lipinski definition) is 6. The van der Waals surface area contributed by atoms with Crippen LogP contribution in [0.15, 0.2) is 47.8 Å². The van der Waals surface area contributed by atoms with E-state index in [1.165, 1.54) is 11.3 Å². The zero-order valence-electron chi connectivity index (χ0n) is 16.8. The minimum Gasteiger partial charge on any atom is -0.494 e. The Balaban J connectivity index is 1.41. The molecule has 1 aromatic heterocycles. The third-order valence-corrected chi connectivity index (χ3v) is 5.43. The summed E-state index contributed by atoms with van der Waals surface area (Å²) in [5.74, 6) is 1.95. The molecule has 4 rings (SSSR count). The largest absolute Gasteiger partial charge is 0.494 e. The first-order chi connectivity index (χ1) is 14.7. The van der Waals surface area contributed by atoms with Gasteiger partial charge in [0.15, 0.2) is 16.6 Å². The van der Waals surface area contributed by atoms with Gasteiger partial charge >= 0.3 is 0 Å². The molecule has 1 amide bonds. The quantitative estimate of drug-likeness (QED) is 0.490. The van der Waals surface area contributed by atoms with Gasteiger partial charge in [0.1, 0.15) is 19.0 Å². The van der Waals surface area contributed by atoms with Crippen molar-refractivity contribution >= 4 is 22.4 Å². The number of unbranched alkanes of at least 4 members (excludes halogenated alkanes) is 2. The number of nitrogens with zero attached hydrogens (tertiary/aromatic N) is 1. The van der Waals surface area contributed by atoms with Crippen LogP contribution in [-0.2, 0) is 0 Å². The fraction of sp³-hybridized carbons (Fsp3) is 0.304. The number of fused-ring (bicyclic) bond motifs is 1. The predicted molar refractivity (Wildman–Crippen MR) is 118 cm³/mol. The van der Waals surface area contributed by atoms with Crippen molar-refractivity contribution in [1.82, 2.24) is 4.98 Å². The molecule has 30 heavy (non-hydrogen) atoms. The van der Waals surface area contributed by atoms with Crippen molar-refractivity contribution in [3.63, 3.8) is 0 Å². The number of aromatic nitrogens is 1. The maximum absolute atomic E-state index is 12.6. The van der Waals surface area contributed by atoms with E-state index in [9.17, 15) is 4.79 Å². The first kappa shape index (κ1) is 20.2. The van der Waals surface area contributed by atoms with E-state index >= 15 is 0 Å². The van der Waals surface area contributed by atoms with Crippen LogP contribution in [0.2, 0.25) is 0 Å². The molecule has 1 aliphatic heterocycles. The van der Waals surface area contributed by atoms with Crippen LogP contribution in [0, 0.1) is 0 Å². The van der Waals surface area contributed by atoms with Gasteiger partial charge in [-0.2, -0.15) is 0 Å². The lowest BCUT2D eigenvalue weighted by atomic mass is 10.1. The van der Waals surface area contributed by atoms with Crippen LogP contribution < -0.4 is 19.5 Å². The van der Waals surface area contributed by atoms with Crippen LogP contribution in [0.5, 0.6) is 17.2 Å². The Bertz CT molecular complexity index is 1020. The standard InChI is InChI=1S/C23H24N2O4S/c1-2-3-4-10-27-18-7-5-6-17(13-18)22(26)25-23-24-19(15-30-23)16-8-9-20-21(14-16)29-12-11-28-20/h5-9,13-15H,2-4,10-12H2,1H3,(H,24,25,26). The molecule has 6 nitrogen and oxygen atoms in total. The van der Waals surface area contributed by atoms with E-state index in [0.717, 1.165) is 36.3 Å². The fourth-order valence-electron chi connectivity index (χ4n) is 3.10. The zero-order valence-corrected chi connectivity index (χ0v) is 17.7. The highest BCUT2D eigenvalue weighted by molar-refractivity contribution is 7.14. The molecule has 0 aliphatic carbocycles. The zero-order chi connectivity index (χ0) is 20.8. The molecule has 0 unspecified atom stereocenters. The predicted octanol–water partition coefficient (Wildman–Crippen LogP) is 5.40. The summed E-state index contributed by atoms with van der Waals surface area (Å²) in [6.45, 7) is 3.91. The Morgan fingerprint density at radius 3 is 2.87 bits per heavy atom. The Labute approximate surface area is 179 Å². The third-order valence-electron chi connectivity index (χ3n) is 4.68. The number of carbonyl (C=O) groups excluding carboxylic acids is 1.